The van der Waals surface area contributed by atoms with Crippen molar-refractivity contribution < 1.29 is 19.0 Å². The number of rotatable bonds is 7. The lowest BCUT2D eigenvalue weighted by atomic mass is 10.2. The Hall–Kier alpha value is -2.84. The third-order valence-electron chi connectivity index (χ3n) is 3.97. The molecule has 27 heavy (non-hydrogen) atoms. The summed E-state index contributed by atoms with van der Waals surface area (Å²) in [5.41, 5.74) is 3.63. The van der Waals surface area contributed by atoms with Gasteiger partial charge in [-0.1, -0.05) is 30.3 Å². The van der Waals surface area contributed by atoms with Crippen LogP contribution in [-0.4, -0.2) is 43.2 Å². The second kappa shape index (κ2) is 9.20. The fraction of sp³-hybridized carbons (Fsp3) is 0.368. The minimum Gasteiger partial charge on any atom is -0.482 e. The van der Waals surface area contributed by atoms with E-state index in [1.54, 1.807) is 6.92 Å². The molecule has 8 nitrogen and oxygen atoms in total. The molecule has 0 bridgehead atoms. The quantitative estimate of drug-likeness (QED) is 0.702. The summed E-state index contributed by atoms with van der Waals surface area (Å²) >= 11 is 0. The number of morpholine rings is 1. The van der Waals surface area contributed by atoms with E-state index in [0.29, 0.717) is 19.8 Å². The van der Waals surface area contributed by atoms with Crippen molar-refractivity contribution in [2.75, 3.05) is 31.8 Å². The number of ether oxygens (including phenoxy) is 3. The van der Waals surface area contributed by atoms with Crippen LogP contribution in [0, 0.1) is 0 Å². The molecule has 0 amide bonds. The molecule has 2 heterocycles. The summed E-state index contributed by atoms with van der Waals surface area (Å²) in [6.07, 6.45) is 1.27. The molecule has 1 aromatic heterocycles. The fourth-order valence-corrected chi connectivity index (χ4v) is 2.70. The largest absolute Gasteiger partial charge is 0.482 e. The van der Waals surface area contributed by atoms with E-state index in [1.165, 1.54) is 16.9 Å². The minimum absolute atomic E-state index is 0.0210. The molecule has 1 unspecified atom stereocenters. The molecule has 1 atom stereocenters. The molecule has 0 saturated carbocycles. The summed E-state index contributed by atoms with van der Waals surface area (Å²) < 4.78 is 17.7. The third-order valence-corrected chi connectivity index (χ3v) is 3.97. The second-order valence-electron chi connectivity index (χ2n) is 5.93. The van der Waals surface area contributed by atoms with Gasteiger partial charge in [-0.3, -0.25) is 14.8 Å². The van der Waals surface area contributed by atoms with Gasteiger partial charge in [-0.05, 0) is 12.5 Å². The molecule has 144 valence electrons. The van der Waals surface area contributed by atoms with Gasteiger partial charge in [0.15, 0.2) is 11.4 Å². The molecule has 1 aliphatic heterocycles. The zero-order valence-electron chi connectivity index (χ0n) is 15.1. The van der Waals surface area contributed by atoms with Gasteiger partial charge in [0, 0.05) is 18.8 Å². The molecule has 1 saturated heterocycles. The first kappa shape index (κ1) is 18.9. The lowest BCUT2D eigenvalue weighted by Gasteiger charge is -2.28. The number of benzene rings is 1. The maximum absolute atomic E-state index is 12.5. The van der Waals surface area contributed by atoms with Crippen LogP contribution in [0.2, 0.25) is 0 Å². The highest BCUT2D eigenvalue weighted by atomic mass is 16.5. The van der Waals surface area contributed by atoms with Crippen molar-refractivity contribution >= 4 is 5.97 Å². The molecular formula is C19H23N3O5. The number of esters is 1. The van der Waals surface area contributed by atoms with Crippen molar-refractivity contribution in [3.05, 3.63) is 64.1 Å². The van der Waals surface area contributed by atoms with Crippen LogP contribution in [0.5, 0.6) is 5.75 Å². The summed E-state index contributed by atoms with van der Waals surface area (Å²) in [5.74, 6) is -0.688. The summed E-state index contributed by atoms with van der Waals surface area (Å²) in [4.78, 5) is 24.9. The first-order valence-electron chi connectivity index (χ1n) is 8.86. The Morgan fingerprint density at radius 2 is 2.15 bits per heavy atom. The summed E-state index contributed by atoms with van der Waals surface area (Å²) in [7, 11) is 0. The highest BCUT2D eigenvalue weighted by Gasteiger charge is 2.23. The Labute approximate surface area is 157 Å². The van der Waals surface area contributed by atoms with Crippen molar-refractivity contribution in [2.24, 2.45) is 0 Å². The lowest BCUT2D eigenvalue weighted by molar-refractivity contribution is 0.0503. The van der Waals surface area contributed by atoms with Crippen molar-refractivity contribution in [2.45, 2.75) is 19.7 Å². The Morgan fingerprint density at radius 1 is 1.33 bits per heavy atom. The van der Waals surface area contributed by atoms with Crippen LogP contribution in [0.1, 0.15) is 23.0 Å². The summed E-state index contributed by atoms with van der Waals surface area (Å²) in [6.45, 7) is 3.79. The topological polar surface area (TPSA) is 90.8 Å². The zero-order chi connectivity index (χ0) is 19.1. The predicted molar refractivity (Wildman–Crippen MR) is 99.4 cm³/mol. The van der Waals surface area contributed by atoms with E-state index >= 15 is 0 Å². The zero-order valence-corrected chi connectivity index (χ0v) is 15.1. The number of carbonyl (C=O) groups excluding carboxylic acids is 1. The Balaban J connectivity index is 1.90. The van der Waals surface area contributed by atoms with Gasteiger partial charge >= 0.3 is 5.97 Å². The van der Waals surface area contributed by atoms with Crippen LogP contribution in [-0.2, 0) is 16.1 Å². The monoisotopic (exact) mass is 373 g/mol. The van der Waals surface area contributed by atoms with Crippen molar-refractivity contribution in [1.82, 2.24) is 9.99 Å². The van der Waals surface area contributed by atoms with Gasteiger partial charge in [-0.15, -0.1) is 0 Å². The Bertz CT molecular complexity index is 816. The van der Waals surface area contributed by atoms with Crippen LogP contribution in [0.15, 0.2) is 47.4 Å². The van der Waals surface area contributed by atoms with E-state index < -0.39 is 5.97 Å². The van der Waals surface area contributed by atoms with E-state index in [2.05, 4.69) is 10.7 Å². The van der Waals surface area contributed by atoms with Crippen LogP contribution in [0.3, 0.4) is 0 Å². The minimum atomic E-state index is -0.637. The van der Waals surface area contributed by atoms with Crippen LogP contribution < -0.4 is 20.9 Å². The normalized spacial score (nSPS) is 16.6. The molecule has 1 aliphatic rings. The Morgan fingerprint density at radius 3 is 2.85 bits per heavy atom. The van der Waals surface area contributed by atoms with Crippen LogP contribution in [0.4, 0.5) is 0 Å². The molecule has 3 rings (SSSR count). The highest BCUT2D eigenvalue weighted by Crippen LogP contribution is 2.16. The van der Waals surface area contributed by atoms with Crippen molar-refractivity contribution in [1.29, 1.82) is 0 Å². The maximum Gasteiger partial charge on any atom is 0.360 e. The molecule has 8 heteroatoms. The maximum atomic E-state index is 12.5. The molecule has 0 aliphatic carbocycles. The van der Waals surface area contributed by atoms with Gasteiger partial charge in [0.25, 0.3) is 0 Å². The van der Waals surface area contributed by atoms with Gasteiger partial charge in [-0.2, -0.15) is 0 Å². The van der Waals surface area contributed by atoms with E-state index in [1.807, 2.05) is 30.3 Å². The number of nitrogens with one attached hydrogen (secondary N) is 2. The van der Waals surface area contributed by atoms with Gasteiger partial charge in [0.1, 0.15) is 12.8 Å². The molecule has 0 spiro atoms. The van der Waals surface area contributed by atoms with Crippen LogP contribution in [0.25, 0.3) is 0 Å². The standard InChI is InChI=1S/C19H23N3O5/c1-2-26-19(24)17-18(27-12-14-6-4-3-5-7-14)15(23)8-10-22(17)21-16-13-25-11-9-20-16/h3-8,10,16,20-21H,2,9,11-13H2,1H3. The number of pyridine rings is 1. The van der Waals surface area contributed by atoms with E-state index in [0.717, 1.165) is 5.56 Å². The lowest BCUT2D eigenvalue weighted by Crippen LogP contribution is -2.50. The number of hydrogen-bond donors (Lipinski definition) is 2. The predicted octanol–water partition coefficient (Wildman–Crippen LogP) is 1.09. The first-order chi connectivity index (χ1) is 13.2. The third kappa shape index (κ3) is 4.87. The molecule has 0 radical (unpaired) electrons. The molecule has 2 aromatic rings. The average molecular weight is 373 g/mol. The number of hydrogen-bond acceptors (Lipinski definition) is 7. The summed E-state index contributed by atoms with van der Waals surface area (Å²) in [5, 5.41) is 3.23. The fourth-order valence-electron chi connectivity index (χ4n) is 2.70. The SMILES string of the molecule is CCOC(=O)c1c(OCc2ccccc2)c(=O)ccn1NC1COCCN1. The van der Waals surface area contributed by atoms with Crippen LogP contribution >= 0.6 is 0 Å². The summed E-state index contributed by atoms with van der Waals surface area (Å²) in [6, 6.07) is 10.8. The molecule has 1 fully saturated rings. The van der Waals surface area contributed by atoms with Crippen molar-refractivity contribution in [3.63, 3.8) is 0 Å². The second-order valence-corrected chi connectivity index (χ2v) is 5.93. The van der Waals surface area contributed by atoms with E-state index in [-0.39, 0.29) is 36.3 Å². The van der Waals surface area contributed by atoms with Crippen molar-refractivity contribution in [3.8, 4) is 5.75 Å². The van der Waals surface area contributed by atoms with E-state index in [9.17, 15) is 9.59 Å². The van der Waals surface area contributed by atoms with Gasteiger partial charge in [0.2, 0.25) is 5.43 Å². The van der Waals surface area contributed by atoms with Gasteiger partial charge in [0.05, 0.1) is 19.8 Å². The molecular weight excluding hydrogens is 350 g/mol. The highest BCUT2D eigenvalue weighted by molar-refractivity contribution is 5.90. The van der Waals surface area contributed by atoms with Gasteiger partial charge in [-0.25, -0.2) is 4.79 Å². The number of carbonyl (C=O) groups is 1. The van der Waals surface area contributed by atoms with Gasteiger partial charge < -0.3 is 19.6 Å². The molecule has 2 N–H and O–H groups in total. The average Bonchev–Trinajstić information content (AvgIpc) is 2.70. The number of nitrogens with zero attached hydrogens (tertiary/aromatic N) is 1. The number of aromatic nitrogens is 1. The smallest absolute Gasteiger partial charge is 0.360 e. The Kier molecular flexibility index (Phi) is 6.45. The molecule has 1 aromatic carbocycles. The first-order valence-corrected chi connectivity index (χ1v) is 8.86. The van der Waals surface area contributed by atoms with E-state index in [4.69, 9.17) is 14.2 Å².